The van der Waals surface area contributed by atoms with Gasteiger partial charge in [0.25, 0.3) is 0 Å². The second-order valence-electron chi connectivity index (χ2n) is 6.47. The van der Waals surface area contributed by atoms with Crippen LogP contribution in [0.25, 0.3) is 5.57 Å². The molecule has 1 rings (SSSR count). The van der Waals surface area contributed by atoms with Crippen molar-refractivity contribution < 1.29 is 0 Å². The molecule has 0 aliphatic carbocycles. The second-order valence-corrected chi connectivity index (χ2v) is 6.47. The lowest BCUT2D eigenvalue weighted by molar-refractivity contribution is 0.217. The molecule has 0 aromatic carbocycles. The summed E-state index contributed by atoms with van der Waals surface area (Å²) in [5.74, 6) is 0. The summed E-state index contributed by atoms with van der Waals surface area (Å²) in [7, 11) is 3.93. The molecule has 2 N–H and O–H groups in total. The minimum atomic E-state index is 0.253. The molecule has 0 aliphatic rings. The van der Waals surface area contributed by atoms with Gasteiger partial charge >= 0.3 is 0 Å². The molecule has 21 heavy (non-hydrogen) atoms. The second kappa shape index (κ2) is 7.22. The van der Waals surface area contributed by atoms with Crippen molar-refractivity contribution >= 4 is 18.5 Å². The fourth-order valence-corrected chi connectivity index (χ4v) is 2.41. The molecular formula is C16H27N5. The van der Waals surface area contributed by atoms with E-state index in [0.717, 1.165) is 29.9 Å². The standard InChI is InChI=1S/C16H27N5/c1-16(2,3)12-20(6)11-15-7-13(10-21(15)19-5)14(8-17)9-18-4/h7-10,17-18H,5,11-12H2,1-4,6H3/b14-9+,17-8?. The maximum Gasteiger partial charge on any atom is 0.0566 e. The first-order valence-electron chi connectivity index (χ1n) is 7.06. The van der Waals surface area contributed by atoms with Crippen molar-refractivity contribution in [3.8, 4) is 0 Å². The zero-order valence-corrected chi connectivity index (χ0v) is 13.8. The monoisotopic (exact) mass is 289 g/mol. The third-order valence-corrected chi connectivity index (χ3v) is 2.99. The van der Waals surface area contributed by atoms with Gasteiger partial charge in [-0.2, -0.15) is 5.10 Å². The van der Waals surface area contributed by atoms with E-state index in [0.29, 0.717) is 0 Å². The Balaban J connectivity index is 2.98. The number of nitrogens with one attached hydrogen (secondary N) is 2. The molecule has 116 valence electrons. The quantitative estimate of drug-likeness (QED) is 0.758. The Bertz CT molecular complexity index is 519. The molecule has 0 amide bonds. The molecule has 0 atom stereocenters. The van der Waals surface area contributed by atoms with Gasteiger partial charge in [-0.3, -0.25) is 0 Å². The van der Waals surface area contributed by atoms with E-state index in [1.807, 2.05) is 13.2 Å². The number of rotatable bonds is 7. The summed E-state index contributed by atoms with van der Waals surface area (Å²) in [5.41, 5.74) is 3.10. The van der Waals surface area contributed by atoms with E-state index in [1.165, 1.54) is 6.21 Å². The SMILES string of the molecule is C=Nn1cc(/C(C=N)=C/NC)cc1CN(C)CC(C)(C)C. The maximum absolute atomic E-state index is 7.50. The Kier molecular flexibility index (Phi) is 5.90. The Morgan fingerprint density at radius 1 is 1.52 bits per heavy atom. The van der Waals surface area contributed by atoms with Crippen molar-refractivity contribution in [1.82, 2.24) is 14.9 Å². The lowest BCUT2D eigenvalue weighted by Crippen LogP contribution is -2.29. The molecule has 0 fully saturated rings. The largest absolute Gasteiger partial charge is 0.393 e. The van der Waals surface area contributed by atoms with Gasteiger partial charge in [0.2, 0.25) is 0 Å². The predicted molar refractivity (Wildman–Crippen MR) is 91.0 cm³/mol. The highest BCUT2D eigenvalue weighted by Crippen LogP contribution is 2.20. The van der Waals surface area contributed by atoms with Crippen molar-refractivity contribution in [1.29, 1.82) is 5.41 Å². The van der Waals surface area contributed by atoms with E-state index in [4.69, 9.17) is 5.41 Å². The van der Waals surface area contributed by atoms with Crippen molar-refractivity contribution in [3.63, 3.8) is 0 Å². The normalized spacial score (nSPS) is 12.6. The van der Waals surface area contributed by atoms with Gasteiger partial charge in [0, 0.05) is 56.6 Å². The highest BCUT2D eigenvalue weighted by atomic mass is 15.3. The Labute approximate surface area is 127 Å². The summed E-state index contributed by atoms with van der Waals surface area (Å²) in [6.45, 7) is 12.1. The fourth-order valence-electron chi connectivity index (χ4n) is 2.41. The van der Waals surface area contributed by atoms with Gasteiger partial charge in [-0.25, -0.2) is 4.68 Å². The van der Waals surface area contributed by atoms with Crippen LogP contribution in [0.5, 0.6) is 0 Å². The molecule has 0 spiro atoms. The lowest BCUT2D eigenvalue weighted by Gasteiger charge is -2.26. The van der Waals surface area contributed by atoms with Crippen LogP contribution in [0.3, 0.4) is 0 Å². The van der Waals surface area contributed by atoms with Crippen LogP contribution in [0.2, 0.25) is 0 Å². The van der Waals surface area contributed by atoms with Gasteiger partial charge in [-0.15, -0.1) is 0 Å². The summed E-state index contributed by atoms with van der Waals surface area (Å²) < 4.78 is 1.78. The topological polar surface area (TPSA) is 56.4 Å². The van der Waals surface area contributed by atoms with Crippen LogP contribution in [0, 0.1) is 10.8 Å². The molecule has 0 bridgehead atoms. The lowest BCUT2D eigenvalue weighted by atomic mass is 9.96. The molecule has 0 saturated carbocycles. The Hall–Kier alpha value is -1.88. The first kappa shape index (κ1) is 17.2. The average molecular weight is 289 g/mol. The van der Waals surface area contributed by atoms with Gasteiger partial charge in [0.1, 0.15) is 0 Å². The molecule has 0 saturated heterocycles. The zero-order chi connectivity index (χ0) is 16.0. The molecule has 1 aromatic rings. The van der Waals surface area contributed by atoms with Crippen LogP contribution in [0.1, 0.15) is 32.0 Å². The maximum atomic E-state index is 7.50. The summed E-state index contributed by atoms with van der Waals surface area (Å²) in [4.78, 5) is 2.27. The molecule has 0 aliphatic heterocycles. The van der Waals surface area contributed by atoms with E-state index in [-0.39, 0.29) is 5.41 Å². The number of hydrogen-bond acceptors (Lipinski definition) is 4. The third-order valence-electron chi connectivity index (χ3n) is 2.99. The molecule has 1 aromatic heterocycles. The van der Waals surface area contributed by atoms with Gasteiger partial charge in [-0.1, -0.05) is 20.8 Å². The van der Waals surface area contributed by atoms with E-state index < -0.39 is 0 Å². The minimum Gasteiger partial charge on any atom is -0.393 e. The molecule has 5 nitrogen and oxygen atoms in total. The minimum absolute atomic E-state index is 0.253. The molecule has 5 heteroatoms. The third kappa shape index (κ3) is 5.19. The number of nitrogens with zero attached hydrogens (tertiary/aromatic N) is 3. The van der Waals surface area contributed by atoms with Crippen LogP contribution >= 0.6 is 0 Å². The van der Waals surface area contributed by atoms with Crippen LogP contribution in [0.4, 0.5) is 0 Å². The van der Waals surface area contributed by atoms with E-state index in [1.54, 1.807) is 10.9 Å². The molecule has 0 radical (unpaired) electrons. The summed E-state index contributed by atoms with van der Waals surface area (Å²) in [6.07, 6.45) is 5.04. The predicted octanol–water partition coefficient (Wildman–Crippen LogP) is 2.64. The fraction of sp³-hybridized carbons (Fsp3) is 0.500. The van der Waals surface area contributed by atoms with E-state index >= 15 is 0 Å². The summed E-state index contributed by atoms with van der Waals surface area (Å²) >= 11 is 0. The van der Waals surface area contributed by atoms with Crippen molar-refractivity contribution in [3.05, 3.63) is 29.7 Å². The van der Waals surface area contributed by atoms with Gasteiger partial charge in [-0.05, 0) is 18.5 Å². The van der Waals surface area contributed by atoms with Gasteiger partial charge < -0.3 is 15.6 Å². The number of aromatic nitrogens is 1. The zero-order valence-electron chi connectivity index (χ0n) is 13.8. The molecular weight excluding hydrogens is 262 g/mol. The van der Waals surface area contributed by atoms with Gasteiger partial charge in [0.15, 0.2) is 0 Å². The number of hydrogen-bond donors (Lipinski definition) is 2. The highest BCUT2D eigenvalue weighted by molar-refractivity contribution is 6.08. The van der Waals surface area contributed by atoms with Crippen LogP contribution in [-0.2, 0) is 6.54 Å². The summed E-state index contributed by atoms with van der Waals surface area (Å²) in [6, 6.07) is 2.06. The van der Waals surface area contributed by atoms with E-state index in [2.05, 4.69) is 55.9 Å². The smallest absolute Gasteiger partial charge is 0.0566 e. The van der Waals surface area contributed by atoms with Crippen molar-refractivity contribution in [2.75, 3.05) is 20.6 Å². The average Bonchev–Trinajstić information content (AvgIpc) is 2.76. The van der Waals surface area contributed by atoms with Crippen molar-refractivity contribution in [2.24, 2.45) is 10.5 Å². The van der Waals surface area contributed by atoms with Crippen LogP contribution in [-0.4, -0.2) is 43.1 Å². The van der Waals surface area contributed by atoms with Gasteiger partial charge in [0.05, 0.1) is 5.69 Å². The summed E-state index contributed by atoms with van der Waals surface area (Å²) in [5, 5.41) is 14.5. The van der Waals surface area contributed by atoms with Crippen molar-refractivity contribution in [2.45, 2.75) is 27.3 Å². The van der Waals surface area contributed by atoms with E-state index in [9.17, 15) is 0 Å². The Morgan fingerprint density at radius 2 is 2.19 bits per heavy atom. The molecule has 1 heterocycles. The van der Waals surface area contributed by atoms with Crippen LogP contribution in [0.15, 0.2) is 23.6 Å². The first-order valence-corrected chi connectivity index (χ1v) is 7.06. The molecule has 0 unspecified atom stereocenters. The first-order chi connectivity index (χ1) is 9.80. The van der Waals surface area contributed by atoms with Crippen LogP contribution < -0.4 is 5.32 Å². The highest BCUT2D eigenvalue weighted by Gasteiger charge is 2.16. The number of allylic oxidation sites excluding steroid dienone is 1. The Morgan fingerprint density at radius 3 is 2.67 bits per heavy atom.